The third kappa shape index (κ3) is 7.02. The molecule has 0 saturated carbocycles. The number of imide groups is 1. The Balaban J connectivity index is 0.00000363. The molecule has 2 aliphatic rings. The van der Waals surface area contributed by atoms with Gasteiger partial charge in [-0.1, -0.05) is 11.8 Å². The number of ether oxygens (including phenoxy) is 3. The lowest BCUT2D eigenvalue weighted by Crippen LogP contribution is -2.52. The molecule has 1 saturated heterocycles. The van der Waals surface area contributed by atoms with E-state index in [0.29, 0.717) is 58.1 Å². The van der Waals surface area contributed by atoms with Gasteiger partial charge in [-0.05, 0) is 30.2 Å². The summed E-state index contributed by atoms with van der Waals surface area (Å²) in [6.07, 6.45) is 0.583. The number of nitrogens with zero attached hydrogens (tertiary/aromatic N) is 1. The second-order valence-corrected chi connectivity index (χ2v) is 7.14. The van der Waals surface area contributed by atoms with Gasteiger partial charge in [0, 0.05) is 30.6 Å². The highest BCUT2D eigenvalue weighted by atomic mass is 35.5. The fourth-order valence-electron chi connectivity index (χ4n) is 3.44. The highest BCUT2D eigenvalue weighted by molar-refractivity contribution is 6.05. The Hall–Kier alpha value is -2.48. The number of amides is 3. The van der Waals surface area contributed by atoms with Gasteiger partial charge in [0.1, 0.15) is 12.6 Å². The summed E-state index contributed by atoms with van der Waals surface area (Å²) in [6, 6.07) is 4.75. The second-order valence-electron chi connectivity index (χ2n) is 7.14. The molecule has 0 spiro atoms. The molecule has 1 unspecified atom stereocenters. The predicted octanol–water partition coefficient (Wildman–Crippen LogP) is 0.229. The van der Waals surface area contributed by atoms with E-state index in [0.717, 1.165) is 11.1 Å². The number of piperidine rings is 1. The lowest BCUT2D eigenvalue weighted by molar-refractivity contribution is -0.136. The van der Waals surface area contributed by atoms with E-state index < -0.39 is 11.9 Å². The zero-order chi connectivity index (χ0) is 22.1. The van der Waals surface area contributed by atoms with E-state index in [1.807, 2.05) is 6.07 Å². The number of nitrogens with two attached hydrogens (primary N) is 1. The molecule has 0 aromatic heterocycles. The molecule has 1 atom stereocenters. The van der Waals surface area contributed by atoms with Crippen molar-refractivity contribution in [3.05, 3.63) is 34.9 Å². The van der Waals surface area contributed by atoms with Crippen LogP contribution in [0.4, 0.5) is 0 Å². The monoisotopic (exact) mass is 465 g/mol. The summed E-state index contributed by atoms with van der Waals surface area (Å²) < 4.78 is 16.0. The maximum Gasteiger partial charge on any atom is 0.255 e. The van der Waals surface area contributed by atoms with Crippen LogP contribution in [0.5, 0.6) is 0 Å². The maximum atomic E-state index is 12.7. The van der Waals surface area contributed by atoms with Gasteiger partial charge in [0.25, 0.3) is 5.91 Å². The van der Waals surface area contributed by atoms with Gasteiger partial charge in [0.05, 0.1) is 33.0 Å². The van der Waals surface area contributed by atoms with Crippen LogP contribution in [0.3, 0.4) is 0 Å². The van der Waals surface area contributed by atoms with Crippen molar-refractivity contribution in [3.63, 3.8) is 0 Å². The summed E-state index contributed by atoms with van der Waals surface area (Å²) in [5, 5.41) is 2.30. The Kier molecular flexibility index (Phi) is 10.6. The average Bonchev–Trinajstić information content (AvgIpc) is 3.07. The molecular weight excluding hydrogens is 438 g/mol. The average molecular weight is 466 g/mol. The Morgan fingerprint density at radius 2 is 1.78 bits per heavy atom. The van der Waals surface area contributed by atoms with Crippen LogP contribution in [0, 0.1) is 11.8 Å². The number of fused-ring (bicyclic) bond motifs is 1. The number of carbonyl (C=O) groups excluding carboxylic acids is 3. The fraction of sp³-hybridized carbons (Fsp3) is 0.500. The minimum absolute atomic E-state index is 0. The van der Waals surface area contributed by atoms with E-state index in [1.165, 1.54) is 4.90 Å². The SMILES string of the molecule is Cl.NCCOCCOCCOCC#Cc1ccc2c(c1)CN(C1CCC(=O)NC1=O)C2=O. The van der Waals surface area contributed by atoms with Crippen LogP contribution >= 0.6 is 12.4 Å². The summed E-state index contributed by atoms with van der Waals surface area (Å²) in [5.41, 5.74) is 7.48. The smallest absolute Gasteiger partial charge is 0.255 e. The van der Waals surface area contributed by atoms with Gasteiger partial charge in [0.15, 0.2) is 0 Å². The molecule has 2 heterocycles. The topological polar surface area (TPSA) is 120 Å². The molecule has 3 rings (SSSR count). The maximum absolute atomic E-state index is 12.7. The van der Waals surface area contributed by atoms with Gasteiger partial charge in [-0.25, -0.2) is 0 Å². The Morgan fingerprint density at radius 1 is 1.06 bits per heavy atom. The summed E-state index contributed by atoms with van der Waals surface area (Å²) in [7, 11) is 0. The Bertz CT molecular complexity index is 882. The molecule has 1 fully saturated rings. The number of hydrogen-bond donors (Lipinski definition) is 2. The van der Waals surface area contributed by atoms with Crippen molar-refractivity contribution in [2.24, 2.45) is 5.73 Å². The molecule has 174 valence electrons. The van der Waals surface area contributed by atoms with Crippen LogP contribution in [-0.2, 0) is 30.3 Å². The molecule has 3 N–H and O–H groups in total. The van der Waals surface area contributed by atoms with Crippen molar-refractivity contribution >= 4 is 30.1 Å². The van der Waals surface area contributed by atoms with E-state index in [2.05, 4.69) is 17.2 Å². The van der Waals surface area contributed by atoms with Crippen LogP contribution < -0.4 is 11.1 Å². The van der Waals surface area contributed by atoms with Gasteiger partial charge in [-0.3, -0.25) is 19.7 Å². The van der Waals surface area contributed by atoms with Gasteiger partial charge >= 0.3 is 0 Å². The van der Waals surface area contributed by atoms with Gasteiger partial charge < -0.3 is 24.8 Å². The lowest BCUT2D eigenvalue weighted by atomic mass is 10.0. The van der Waals surface area contributed by atoms with Crippen molar-refractivity contribution in [1.82, 2.24) is 10.2 Å². The normalized spacial score (nSPS) is 17.3. The van der Waals surface area contributed by atoms with Crippen LogP contribution in [0.25, 0.3) is 0 Å². The van der Waals surface area contributed by atoms with Crippen molar-refractivity contribution in [2.45, 2.75) is 25.4 Å². The molecule has 32 heavy (non-hydrogen) atoms. The summed E-state index contributed by atoms with van der Waals surface area (Å²) in [6.45, 7) is 3.54. The number of benzene rings is 1. The first kappa shape index (κ1) is 25.8. The number of halogens is 1. The molecule has 2 aliphatic heterocycles. The van der Waals surface area contributed by atoms with E-state index >= 15 is 0 Å². The number of rotatable bonds is 10. The third-order valence-electron chi connectivity index (χ3n) is 4.94. The minimum atomic E-state index is -0.616. The molecule has 9 nitrogen and oxygen atoms in total. The zero-order valence-electron chi connectivity index (χ0n) is 17.8. The third-order valence-corrected chi connectivity index (χ3v) is 4.94. The van der Waals surface area contributed by atoms with E-state index in [9.17, 15) is 14.4 Å². The van der Waals surface area contributed by atoms with Crippen molar-refractivity contribution in [3.8, 4) is 11.8 Å². The fourth-order valence-corrected chi connectivity index (χ4v) is 3.44. The molecule has 1 aromatic rings. The summed E-state index contributed by atoms with van der Waals surface area (Å²) in [4.78, 5) is 37.6. The molecule has 10 heteroatoms. The predicted molar refractivity (Wildman–Crippen MR) is 118 cm³/mol. The van der Waals surface area contributed by atoms with E-state index in [4.69, 9.17) is 19.9 Å². The first-order valence-electron chi connectivity index (χ1n) is 10.3. The lowest BCUT2D eigenvalue weighted by Gasteiger charge is -2.29. The molecule has 1 aromatic carbocycles. The molecule has 0 aliphatic carbocycles. The quantitative estimate of drug-likeness (QED) is 0.288. The Morgan fingerprint density at radius 3 is 2.50 bits per heavy atom. The second kappa shape index (κ2) is 13.2. The van der Waals surface area contributed by atoms with Gasteiger partial charge in [-0.2, -0.15) is 0 Å². The van der Waals surface area contributed by atoms with Crippen molar-refractivity contribution in [2.75, 3.05) is 46.2 Å². The standard InChI is InChI=1S/C22H27N3O6.ClH/c23-7-9-30-11-13-31-12-10-29-8-1-2-16-3-4-18-17(14-16)15-25(22(18)28)19-5-6-20(26)24-21(19)27;/h3-4,14,19H,5-13,15,23H2,(H,24,26,27);1H. The molecule has 0 bridgehead atoms. The van der Waals surface area contributed by atoms with E-state index in [1.54, 1.807) is 12.1 Å². The largest absolute Gasteiger partial charge is 0.378 e. The first-order valence-corrected chi connectivity index (χ1v) is 10.3. The first-order chi connectivity index (χ1) is 15.1. The van der Waals surface area contributed by atoms with E-state index in [-0.39, 0.29) is 37.2 Å². The van der Waals surface area contributed by atoms with Crippen molar-refractivity contribution in [1.29, 1.82) is 0 Å². The highest BCUT2D eigenvalue weighted by Gasteiger charge is 2.38. The number of nitrogens with one attached hydrogen (secondary N) is 1. The Labute approximate surface area is 193 Å². The van der Waals surface area contributed by atoms with Crippen LogP contribution in [0.1, 0.15) is 34.3 Å². The van der Waals surface area contributed by atoms with Crippen LogP contribution in [-0.4, -0.2) is 74.8 Å². The summed E-state index contributed by atoms with van der Waals surface area (Å²) >= 11 is 0. The van der Waals surface area contributed by atoms with Gasteiger partial charge in [0.2, 0.25) is 11.8 Å². The minimum Gasteiger partial charge on any atom is -0.378 e. The zero-order valence-corrected chi connectivity index (χ0v) is 18.6. The number of hydrogen-bond acceptors (Lipinski definition) is 7. The molecular formula is C22H28ClN3O6. The van der Waals surface area contributed by atoms with Crippen LogP contribution in [0.2, 0.25) is 0 Å². The van der Waals surface area contributed by atoms with Gasteiger partial charge in [-0.15, -0.1) is 12.4 Å². The highest BCUT2D eigenvalue weighted by Crippen LogP contribution is 2.28. The molecule has 0 radical (unpaired) electrons. The van der Waals surface area contributed by atoms with Crippen molar-refractivity contribution < 1.29 is 28.6 Å². The van der Waals surface area contributed by atoms with Crippen LogP contribution in [0.15, 0.2) is 18.2 Å². The summed E-state index contributed by atoms with van der Waals surface area (Å²) in [5.74, 6) is 5.06. The number of carbonyl (C=O) groups is 3. The molecule has 3 amide bonds.